The highest BCUT2D eigenvalue weighted by molar-refractivity contribution is 5.68. The predicted octanol–water partition coefficient (Wildman–Crippen LogP) is 6.84. The van der Waals surface area contributed by atoms with Crippen LogP contribution >= 0.6 is 0 Å². The molecule has 2 N–H and O–H groups in total. The van der Waals surface area contributed by atoms with Gasteiger partial charge in [-0.05, 0) is 38.0 Å². The summed E-state index contributed by atoms with van der Waals surface area (Å²) in [7, 11) is 0. The van der Waals surface area contributed by atoms with Gasteiger partial charge in [0.2, 0.25) is 0 Å². The fourth-order valence-electron chi connectivity index (χ4n) is 2.95. The highest BCUT2D eigenvalue weighted by Gasteiger charge is 1.96. The van der Waals surface area contributed by atoms with E-state index in [-0.39, 0.29) is 6.61 Å². The summed E-state index contributed by atoms with van der Waals surface area (Å²) in [5, 5.41) is 16.5. The molecule has 0 fully saturated rings. The minimum absolute atomic E-state index is 0.184. The van der Waals surface area contributed by atoms with Crippen LogP contribution < -0.4 is 0 Å². The van der Waals surface area contributed by atoms with Gasteiger partial charge >= 0.3 is 11.9 Å². The van der Waals surface area contributed by atoms with E-state index >= 15 is 0 Å². The Hall–Kier alpha value is -1.98. The molecule has 0 aromatic carbocycles. The Morgan fingerprint density at radius 3 is 1.44 bits per heavy atom. The summed E-state index contributed by atoms with van der Waals surface area (Å²) in [6.07, 6.45) is 19.5. The average Bonchev–Trinajstić information content (AvgIpc) is 2.76. The monoisotopic (exact) mass is 450 g/mol. The van der Waals surface area contributed by atoms with Gasteiger partial charge in [0.1, 0.15) is 6.61 Å². The molecule has 0 aliphatic rings. The Morgan fingerprint density at radius 2 is 1.06 bits per heavy atom. The zero-order chi connectivity index (χ0) is 24.1. The fourth-order valence-corrected chi connectivity index (χ4v) is 2.95. The van der Waals surface area contributed by atoms with Crippen molar-refractivity contribution in [3.63, 3.8) is 0 Å². The minimum Gasteiger partial charge on any atom is -0.481 e. The van der Waals surface area contributed by atoms with Crippen molar-refractivity contribution in [3.05, 3.63) is 0 Å². The molecule has 0 atom stereocenters. The van der Waals surface area contributed by atoms with Gasteiger partial charge in [-0.1, -0.05) is 89.4 Å². The van der Waals surface area contributed by atoms with Crippen molar-refractivity contribution in [3.8, 4) is 23.7 Å². The number of carboxylic acids is 2. The van der Waals surface area contributed by atoms with Crippen LogP contribution in [0.15, 0.2) is 0 Å². The molecule has 0 spiro atoms. The van der Waals surface area contributed by atoms with E-state index in [0.29, 0.717) is 13.0 Å². The fraction of sp³-hybridized carbons (Fsp3) is 0.778. The van der Waals surface area contributed by atoms with Crippen molar-refractivity contribution in [2.45, 2.75) is 123 Å². The van der Waals surface area contributed by atoms with Crippen LogP contribution in [-0.2, 0) is 14.3 Å². The molecule has 0 aromatic rings. The Morgan fingerprint density at radius 1 is 0.625 bits per heavy atom. The number of aliphatic carboxylic acids is 2. The lowest BCUT2D eigenvalue weighted by Gasteiger charge is -1.98. The van der Waals surface area contributed by atoms with E-state index in [9.17, 15) is 9.59 Å². The summed E-state index contributed by atoms with van der Waals surface area (Å²) in [4.78, 5) is 20.0. The lowest BCUT2D eigenvalue weighted by Crippen LogP contribution is -2.05. The van der Waals surface area contributed by atoms with Gasteiger partial charge in [0.25, 0.3) is 0 Å². The van der Waals surface area contributed by atoms with Gasteiger partial charge in [-0.3, -0.25) is 4.79 Å². The predicted molar refractivity (Wildman–Crippen MR) is 131 cm³/mol. The molecule has 32 heavy (non-hydrogen) atoms. The van der Waals surface area contributed by atoms with Crippen LogP contribution in [0.2, 0.25) is 0 Å². The molecule has 0 saturated heterocycles. The first-order valence-electron chi connectivity index (χ1n) is 12.5. The minimum atomic E-state index is -0.915. The first-order chi connectivity index (χ1) is 15.5. The average molecular weight is 451 g/mol. The summed E-state index contributed by atoms with van der Waals surface area (Å²) < 4.78 is 4.50. The van der Waals surface area contributed by atoms with Gasteiger partial charge in [0.15, 0.2) is 0 Å². The van der Waals surface area contributed by atoms with Crippen molar-refractivity contribution in [2.75, 3.05) is 13.2 Å². The number of carbonyl (C=O) groups is 2. The summed E-state index contributed by atoms with van der Waals surface area (Å²) in [6, 6.07) is 0. The first kappa shape index (κ1) is 32.2. The van der Waals surface area contributed by atoms with E-state index in [1.165, 1.54) is 64.2 Å². The summed E-state index contributed by atoms with van der Waals surface area (Å²) in [6.45, 7) is 4.29. The van der Waals surface area contributed by atoms with E-state index in [0.717, 1.165) is 38.5 Å². The lowest BCUT2D eigenvalue weighted by molar-refractivity contribution is -0.142. The maximum Gasteiger partial charge on any atom is 0.329 e. The number of unbranched alkanes of at least 4 members (excludes halogenated alkanes) is 14. The second-order valence-corrected chi connectivity index (χ2v) is 7.87. The normalized spacial score (nSPS) is 9.56. The summed E-state index contributed by atoms with van der Waals surface area (Å²) in [5.74, 6) is 10.6. The Labute approximate surface area is 196 Å². The van der Waals surface area contributed by atoms with Crippen LogP contribution in [0.5, 0.6) is 0 Å². The number of hydrogen-bond donors (Lipinski definition) is 2. The SMILES string of the molecule is CCCCCCCCCCC#CC#CCCCCCCCCC(=O)O.CCOCC(=O)O. The molecule has 5 nitrogen and oxygen atoms in total. The molecule has 0 aliphatic carbocycles. The number of carboxylic acid groups (broad SMARTS) is 2. The molecule has 0 unspecified atom stereocenters. The molecule has 0 aromatic heterocycles. The molecule has 0 radical (unpaired) electrons. The third kappa shape index (κ3) is 35.5. The highest BCUT2D eigenvalue weighted by atomic mass is 16.5. The zero-order valence-electron chi connectivity index (χ0n) is 20.6. The molecule has 0 heterocycles. The van der Waals surface area contributed by atoms with Gasteiger partial charge in [0, 0.05) is 25.9 Å². The standard InChI is InChI=1S/C23H38O2.C4H8O3/c1-2-3-4-5-6-7-8-9-10-11-12-13-14-15-16-17-18-19-20-21-22-23(24)25;1-2-7-3-4(5)6/h2-10,15-22H2,1H3,(H,24,25);2-3H2,1H3,(H,5,6). The van der Waals surface area contributed by atoms with Crippen LogP contribution in [0.25, 0.3) is 0 Å². The van der Waals surface area contributed by atoms with Crippen LogP contribution in [0.4, 0.5) is 0 Å². The smallest absolute Gasteiger partial charge is 0.329 e. The van der Waals surface area contributed by atoms with Crippen LogP contribution in [0, 0.1) is 23.7 Å². The molecular weight excluding hydrogens is 404 g/mol. The largest absolute Gasteiger partial charge is 0.481 e. The van der Waals surface area contributed by atoms with E-state index in [1.807, 2.05) is 0 Å². The molecule has 0 rings (SSSR count). The Bertz CT molecular complexity index is 548. The Balaban J connectivity index is 0. The summed E-state index contributed by atoms with van der Waals surface area (Å²) in [5.41, 5.74) is 0. The number of hydrogen-bond acceptors (Lipinski definition) is 3. The molecule has 5 heteroatoms. The summed E-state index contributed by atoms with van der Waals surface area (Å²) >= 11 is 0. The third-order valence-electron chi connectivity index (χ3n) is 4.77. The molecule has 0 aliphatic heterocycles. The molecule has 0 amide bonds. The Kier molecular flexibility index (Phi) is 29.2. The lowest BCUT2D eigenvalue weighted by atomic mass is 10.1. The van der Waals surface area contributed by atoms with Crippen LogP contribution in [0.1, 0.15) is 123 Å². The van der Waals surface area contributed by atoms with E-state index in [4.69, 9.17) is 10.2 Å². The second-order valence-electron chi connectivity index (χ2n) is 7.87. The molecular formula is C27H46O5. The maximum absolute atomic E-state index is 10.4. The third-order valence-corrected chi connectivity index (χ3v) is 4.77. The number of ether oxygens (including phenoxy) is 1. The van der Waals surface area contributed by atoms with Crippen molar-refractivity contribution >= 4 is 11.9 Å². The quantitative estimate of drug-likeness (QED) is 0.166. The van der Waals surface area contributed by atoms with E-state index in [1.54, 1.807) is 6.92 Å². The van der Waals surface area contributed by atoms with Gasteiger partial charge in [-0.25, -0.2) is 4.79 Å². The van der Waals surface area contributed by atoms with Crippen molar-refractivity contribution in [2.24, 2.45) is 0 Å². The van der Waals surface area contributed by atoms with Crippen LogP contribution in [-0.4, -0.2) is 35.4 Å². The molecule has 0 bridgehead atoms. The first-order valence-corrected chi connectivity index (χ1v) is 12.5. The van der Waals surface area contributed by atoms with Gasteiger partial charge in [-0.15, -0.1) is 0 Å². The maximum atomic E-state index is 10.4. The second kappa shape index (κ2) is 29.0. The van der Waals surface area contributed by atoms with Gasteiger partial charge < -0.3 is 14.9 Å². The number of rotatable bonds is 19. The van der Waals surface area contributed by atoms with Crippen molar-refractivity contribution < 1.29 is 24.5 Å². The van der Waals surface area contributed by atoms with Crippen LogP contribution in [0.3, 0.4) is 0 Å². The highest BCUT2D eigenvalue weighted by Crippen LogP contribution is 2.09. The van der Waals surface area contributed by atoms with Gasteiger partial charge in [-0.2, -0.15) is 0 Å². The molecule has 184 valence electrons. The zero-order valence-corrected chi connectivity index (χ0v) is 20.6. The topological polar surface area (TPSA) is 83.8 Å². The van der Waals surface area contributed by atoms with E-state index in [2.05, 4.69) is 35.3 Å². The van der Waals surface area contributed by atoms with Crippen molar-refractivity contribution in [1.29, 1.82) is 0 Å². The van der Waals surface area contributed by atoms with E-state index < -0.39 is 11.9 Å². The van der Waals surface area contributed by atoms with Crippen molar-refractivity contribution in [1.82, 2.24) is 0 Å². The molecule has 0 saturated carbocycles. The van der Waals surface area contributed by atoms with Gasteiger partial charge in [0.05, 0.1) is 0 Å².